The molecule has 0 aliphatic heterocycles. The summed E-state index contributed by atoms with van der Waals surface area (Å²) < 4.78 is 5.70. The minimum atomic E-state index is 0.412. The fourth-order valence-electron chi connectivity index (χ4n) is 1.82. The van der Waals surface area contributed by atoms with Crippen molar-refractivity contribution in [2.45, 2.75) is 13.2 Å². The summed E-state index contributed by atoms with van der Waals surface area (Å²) in [5, 5.41) is 12.1. The van der Waals surface area contributed by atoms with E-state index < -0.39 is 0 Å². The highest BCUT2D eigenvalue weighted by Crippen LogP contribution is 2.15. The van der Waals surface area contributed by atoms with Gasteiger partial charge in [-0.2, -0.15) is 5.26 Å². The molecule has 0 aromatic heterocycles. The number of nitrogens with zero attached hydrogens (tertiary/aromatic N) is 1. The monoisotopic (exact) mass is 252 g/mol. The Labute approximate surface area is 113 Å². The Kier molecular flexibility index (Phi) is 4.54. The Balaban J connectivity index is 2.00. The van der Waals surface area contributed by atoms with Gasteiger partial charge < -0.3 is 10.1 Å². The van der Waals surface area contributed by atoms with Crippen molar-refractivity contribution in [3.05, 3.63) is 65.2 Å². The number of ether oxygens (including phenoxy) is 1. The second-order valence-corrected chi connectivity index (χ2v) is 4.23. The van der Waals surface area contributed by atoms with Crippen LogP contribution in [0.15, 0.2) is 48.5 Å². The predicted octanol–water partition coefficient (Wildman–Crippen LogP) is 2.86. The van der Waals surface area contributed by atoms with Crippen molar-refractivity contribution in [2.75, 3.05) is 7.05 Å². The van der Waals surface area contributed by atoms with Gasteiger partial charge in [-0.05, 0) is 30.8 Å². The summed E-state index contributed by atoms with van der Waals surface area (Å²) in [4.78, 5) is 0. The smallest absolute Gasteiger partial charge is 0.119 e. The Bertz CT molecular complexity index is 570. The highest BCUT2D eigenvalue weighted by atomic mass is 16.5. The van der Waals surface area contributed by atoms with Crippen molar-refractivity contribution in [3.63, 3.8) is 0 Å². The van der Waals surface area contributed by atoms with Crippen molar-refractivity contribution >= 4 is 0 Å². The fraction of sp³-hybridized carbons (Fsp3) is 0.188. The molecule has 0 saturated heterocycles. The number of hydrogen-bond acceptors (Lipinski definition) is 3. The summed E-state index contributed by atoms with van der Waals surface area (Å²) in [5.74, 6) is 0.813. The lowest BCUT2D eigenvalue weighted by molar-refractivity contribution is 0.306. The van der Waals surface area contributed by atoms with Gasteiger partial charge in [-0.15, -0.1) is 0 Å². The minimum Gasteiger partial charge on any atom is -0.489 e. The molecule has 2 aromatic rings. The first-order chi connectivity index (χ1) is 9.33. The third-order valence-electron chi connectivity index (χ3n) is 2.84. The van der Waals surface area contributed by atoms with Gasteiger partial charge in [0.15, 0.2) is 0 Å². The number of benzene rings is 2. The van der Waals surface area contributed by atoms with E-state index in [4.69, 9.17) is 10.00 Å². The molecule has 3 heteroatoms. The molecule has 0 aliphatic rings. The van der Waals surface area contributed by atoms with E-state index >= 15 is 0 Å². The van der Waals surface area contributed by atoms with Gasteiger partial charge in [0.05, 0.1) is 11.6 Å². The summed E-state index contributed by atoms with van der Waals surface area (Å²) in [5.41, 5.74) is 2.78. The first-order valence-corrected chi connectivity index (χ1v) is 6.18. The Morgan fingerprint density at radius 2 is 1.84 bits per heavy atom. The van der Waals surface area contributed by atoms with Crippen molar-refractivity contribution in [1.82, 2.24) is 5.32 Å². The van der Waals surface area contributed by atoms with Gasteiger partial charge in [-0.3, -0.25) is 0 Å². The maximum absolute atomic E-state index is 9.00. The number of nitriles is 1. The molecule has 0 bridgehead atoms. The largest absolute Gasteiger partial charge is 0.489 e. The van der Waals surface area contributed by atoms with E-state index in [-0.39, 0.29) is 0 Å². The Morgan fingerprint density at radius 1 is 1.11 bits per heavy atom. The Morgan fingerprint density at radius 3 is 2.53 bits per heavy atom. The van der Waals surface area contributed by atoms with Crippen LogP contribution in [0.1, 0.15) is 16.7 Å². The molecular weight excluding hydrogens is 236 g/mol. The molecule has 0 fully saturated rings. The molecule has 2 rings (SSSR count). The number of nitrogens with one attached hydrogen (secondary N) is 1. The van der Waals surface area contributed by atoms with Crippen molar-refractivity contribution < 1.29 is 4.74 Å². The maximum Gasteiger partial charge on any atom is 0.119 e. The second kappa shape index (κ2) is 6.58. The van der Waals surface area contributed by atoms with Gasteiger partial charge in [0.25, 0.3) is 0 Å². The summed E-state index contributed by atoms with van der Waals surface area (Å²) in [6.45, 7) is 1.26. The molecule has 0 aliphatic carbocycles. The lowest BCUT2D eigenvalue weighted by Gasteiger charge is -2.08. The molecule has 0 radical (unpaired) electrons. The van der Waals surface area contributed by atoms with Crippen LogP contribution in [-0.2, 0) is 13.2 Å². The summed E-state index contributed by atoms with van der Waals surface area (Å²) in [6, 6.07) is 17.6. The van der Waals surface area contributed by atoms with E-state index in [9.17, 15) is 0 Å². The van der Waals surface area contributed by atoms with Crippen molar-refractivity contribution in [3.8, 4) is 11.8 Å². The molecule has 0 unspecified atom stereocenters. The van der Waals surface area contributed by atoms with Crippen molar-refractivity contribution in [2.24, 2.45) is 0 Å². The minimum absolute atomic E-state index is 0.412. The highest BCUT2D eigenvalue weighted by Gasteiger charge is 2.01. The average Bonchev–Trinajstić information content (AvgIpc) is 2.47. The third-order valence-corrected chi connectivity index (χ3v) is 2.84. The lowest BCUT2D eigenvalue weighted by atomic mass is 10.1. The van der Waals surface area contributed by atoms with Crippen LogP contribution >= 0.6 is 0 Å². The first-order valence-electron chi connectivity index (χ1n) is 6.18. The molecule has 96 valence electrons. The zero-order chi connectivity index (χ0) is 13.5. The van der Waals surface area contributed by atoms with E-state index in [2.05, 4.69) is 11.4 Å². The van der Waals surface area contributed by atoms with E-state index in [1.807, 2.05) is 49.5 Å². The van der Waals surface area contributed by atoms with E-state index in [1.54, 1.807) is 6.07 Å². The highest BCUT2D eigenvalue weighted by molar-refractivity contribution is 5.37. The Hall–Kier alpha value is -2.31. The van der Waals surface area contributed by atoms with Gasteiger partial charge in [-0.1, -0.05) is 30.3 Å². The first kappa shape index (κ1) is 13.1. The molecular formula is C16H16N2O. The normalized spacial score (nSPS) is 9.89. The topological polar surface area (TPSA) is 45.0 Å². The van der Waals surface area contributed by atoms with Crippen LogP contribution in [0.2, 0.25) is 0 Å². The molecule has 3 nitrogen and oxygen atoms in total. The molecule has 0 saturated carbocycles. The van der Waals surface area contributed by atoms with Gasteiger partial charge in [0.1, 0.15) is 12.4 Å². The molecule has 0 spiro atoms. The van der Waals surface area contributed by atoms with Crippen LogP contribution in [0.4, 0.5) is 0 Å². The predicted molar refractivity (Wildman–Crippen MR) is 74.7 cm³/mol. The molecule has 1 N–H and O–H groups in total. The molecule has 0 amide bonds. The molecule has 19 heavy (non-hydrogen) atoms. The average molecular weight is 252 g/mol. The fourth-order valence-corrected chi connectivity index (χ4v) is 1.82. The molecule has 0 atom stereocenters. The summed E-state index contributed by atoms with van der Waals surface area (Å²) in [7, 11) is 1.92. The van der Waals surface area contributed by atoms with Crippen LogP contribution in [0.5, 0.6) is 5.75 Å². The standard InChI is InChI=1S/C16H16N2O/c1-18-11-13-6-8-16(9-7-13)19-12-15-5-3-2-4-14(15)10-17/h2-9,18H,11-12H2,1H3. The second-order valence-electron chi connectivity index (χ2n) is 4.23. The zero-order valence-corrected chi connectivity index (χ0v) is 10.9. The lowest BCUT2D eigenvalue weighted by Crippen LogP contribution is -2.04. The van der Waals surface area contributed by atoms with Crippen LogP contribution in [0, 0.1) is 11.3 Å². The van der Waals surface area contributed by atoms with Crippen LogP contribution in [0.3, 0.4) is 0 Å². The van der Waals surface area contributed by atoms with Gasteiger partial charge in [-0.25, -0.2) is 0 Å². The third kappa shape index (κ3) is 3.57. The van der Waals surface area contributed by atoms with Gasteiger partial charge in [0.2, 0.25) is 0 Å². The maximum atomic E-state index is 9.00. The molecule has 0 heterocycles. The van der Waals surface area contributed by atoms with Crippen molar-refractivity contribution in [1.29, 1.82) is 5.26 Å². The number of hydrogen-bond donors (Lipinski definition) is 1. The molecule has 2 aromatic carbocycles. The van der Waals surface area contributed by atoms with Crippen LogP contribution < -0.4 is 10.1 Å². The van der Waals surface area contributed by atoms with Crippen LogP contribution in [0.25, 0.3) is 0 Å². The van der Waals surface area contributed by atoms with E-state index in [1.165, 1.54) is 5.56 Å². The van der Waals surface area contributed by atoms with E-state index in [0.29, 0.717) is 12.2 Å². The van der Waals surface area contributed by atoms with Gasteiger partial charge in [0, 0.05) is 12.1 Å². The zero-order valence-electron chi connectivity index (χ0n) is 10.9. The number of rotatable bonds is 5. The quantitative estimate of drug-likeness (QED) is 0.890. The van der Waals surface area contributed by atoms with Gasteiger partial charge >= 0.3 is 0 Å². The van der Waals surface area contributed by atoms with Crippen LogP contribution in [-0.4, -0.2) is 7.05 Å². The SMILES string of the molecule is CNCc1ccc(OCc2ccccc2C#N)cc1. The van der Waals surface area contributed by atoms with E-state index in [0.717, 1.165) is 17.9 Å². The summed E-state index contributed by atoms with van der Waals surface area (Å²) in [6.07, 6.45) is 0. The summed E-state index contributed by atoms with van der Waals surface area (Å²) >= 11 is 0.